The molecular weight excluding hydrogens is 200 g/mol. The van der Waals surface area contributed by atoms with Crippen LogP contribution in [0.3, 0.4) is 0 Å². The van der Waals surface area contributed by atoms with Crippen molar-refractivity contribution in [2.75, 3.05) is 0 Å². The van der Waals surface area contributed by atoms with Crippen LogP contribution in [-0.4, -0.2) is 9.78 Å². The normalized spacial score (nSPS) is 14.6. The van der Waals surface area contributed by atoms with Gasteiger partial charge in [-0.1, -0.05) is 25.5 Å². The lowest BCUT2D eigenvalue weighted by molar-refractivity contribution is 0.665. The lowest BCUT2D eigenvalue weighted by atomic mass is 9.97. The molecule has 1 aliphatic rings. The van der Waals surface area contributed by atoms with Crippen LogP contribution >= 0.6 is 0 Å². The summed E-state index contributed by atoms with van der Waals surface area (Å²) in [5, 5.41) is 6.34. The maximum atomic E-state index is 12.1. The molecule has 2 rings (SSSR count). The highest BCUT2D eigenvalue weighted by Crippen LogP contribution is 2.10. The Morgan fingerprint density at radius 1 is 1.38 bits per heavy atom. The Balaban J connectivity index is 3.00. The summed E-state index contributed by atoms with van der Waals surface area (Å²) in [6.45, 7) is 4.21. The smallest absolute Gasteiger partial charge is 0.267 e. The van der Waals surface area contributed by atoms with Gasteiger partial charge in [0, 0.05) is 17.5 Å². The standard InChI is InChI=1S/C13H18N2O/c1-4-9-7-6-8-10-11(5-2)14-15(3)13(16)12(9)10/h8H,4-7H2,1-3H3. The van der Waals surface area contributed by atoms with Gasteiger partial charge < -0.3 is 0 Å². The number of aryl methyl sites for hydroxylation is 2. The first-order chi connectivity index (χ1) is 7.69. The van der Waals surface area contributed by atoms with Gasteiger partial charge in [-0.15, -0.1) is 0 Å². The molecule has 1 aliphatic carbocycles. The van der Waals surface area contributed by atoms with Crippen molar-refractivity contribution < 1.29 is 0 Å². The van der Waals surface area contributed by atoms with Crippen LogP contribution in [0.2, 0.25) is 0 Å². The maximum Gasteiger partial charge on any atom is 0.274 e. The van der Waals surface area contributed by atoms with Crippen LogP contribution in [0.25, 0.3) is 11.6 Å². The minimum absolute atomic E-state index is 0.0556. The minimum Gasteiger partial charge on any atom is -0.267 e. The summed E-state index contributed by atoms with van der Waals surface area (Å²) in [4.78, 5) is 12.1. The Morgan fingerprint density at radius 2 is 2.12 bits per heavy atom. The Hall–Kier alpha value is -1.38. The van der Waals surface area contributed by atoms with Crippen molar-refractivity contribution in [2.24, 2.45) is 7.05 Å². The SMILES string of the molecule is CCC1=c2c(c(CC)nn(C)c2=O)=CCC1. The molecule has 0 aromatic carbocycles. The fraction of sp³-hybridized carbons (Fsp3) is 0.538. The topological polar surface area (TPSA) is 34.9 Å². The molecule has 16 heavy (non-hydrogen) atoms. The summed E-state index contributed by atoms with van der Waals surface area (Å²) in [5.41, 5.74) is 2.39. The molecule has 0 aliphatic heterocycles. The van der Waals surface area contributed by atoms with E-state index in [4.69, 9.17) is 0 Å². The number of hydrogen-bond donors (Lipinski definition) is 0. The first kappa shape index (κ1) is 11.1. The molecule has 86 valence electrons. The van der Waals surface area contributed by atoms with Crippen molar-refractivity contribution >= 4 is 11.6 Å². The highest BCUT2D eigenvalue weighted by atomic mass is 16.1. The molecule has 3 heteroatoms. The second kappa shape index (κ2) is 4.24. The van der Waals surface area contributed by atoms with Crippen LogP contribution in [0.5, 0.6) is 0 Å². The highest BCUT2D eigenvalue weighted by Gasteiger charge is 2.10. The van der Waals surface area contributed by atoms with Gasteiger partial charge in [-0.05, 0) is 25.7 Å². The van der Waals surface area contributed by atoms with Gasteiger partial charge >= 0.3 is 0 Å². The van der Waals surface area contributed by atoms with E-state index in [9.17, 15) is 4.79 Å². The van der Waals surface area contributed by atoms with Gasteiger partial charge in [-0.25, -0.2) is 4.68 Å². The Morgan fingerprint density at radius 3 is 2.75 bits per heavy atom. The van der Waals surface area contributed by atoms with E-state index in [1.807, 2.05) is 0 Å². The Kier molecular flexibility index (Phi) is 2.95. The maximum absolute atomic E-state index is 12.1. The van der Waals surface area contributed by atoms with Crippen molar-refractivity contribution in [3.05, 3.63) is 26.5 Å². The van der Waals surface area contributed by atoms with Crippen LogP contribution in [0.1, 0.15) is 38.8 Å². The van der Waals surface area contributed by atoms with Crippen LogP contribution in [-0.2, 0) is 13.5 Å². The number of nitrogens with zero attached hydrogens (tertiary/aromatic N) is 2. The van der Waals surface area contributed by atoms with E-state index in [-0.39, 0.29) is 5.56 Å². The molecule has 0 fully saturated rings. The largest absolute Gasteiger partial charge is 0.274 e. The van der Waals surface area contributed by atoms with Gasteiger partial charge in [-0.2, -0.15) is 5.10 Å². The van der Waals surface area contributed by atoms with Crippen LogP contribution < -0.4 is 16.0 Å². The summed E-state index contributed by atoms with van der Waals surface area (Å²) in [6, 6.07) is 0. The van der Waals surface area contributed by atoms with E-state index in [0.29, 0.717) is 0 Å². The van der Waals surface area contributed by atoms with Gasteiger partial charge in [-0.3, -0.25) is 4.79 Å². The minimum atomic E-state index is 0.0556. The van der Waals surface area contributed by atoms with Gasteiger partial charge in [0.25, 0.3) is 5.56 Å². The summed E-state index contributed by atoms with van der Waals surface area (Å²) in [6.07, 6.45) is 6.07. The van der Waals surface area contributed by atoms with Crippen LogP contribution in [0, 0.1) is 0 Å². The molecule has 1 aromatic rings. The number of aromatic nitrogens is 2. The molecule has 0 N–H and O–H groups in total. The fourth-order valence-corrected chi connectivity index (χ4v) is 2.39. The van der Waals surface area contributed by atoms with Crippen LogP contribution in [0.15, 0.2) is 4.79 Å². The van der Waals surface area contributed by atoms with Gasteiger partial charge in [0.1, 0.15) is 0 Å². The summed E-state index contributed by atoms with van der Waals surface area (Å²) in [5.74, 6) is 0. The third kappa shape index (κ3) is 1.60. The van der Waals surface area contributed by atoms with E-state index >= 15 is 0 Å². The molecular formula is C13H18N2O. The predicted molar refractivity (Wildman–Crippen MR) is 65.5 cm³/mol. The molecule has 3 nitrogen and oxygen atoms in total. The number of hydrogen-bond acceptors (Lipinski definition) is 2. The zero-order chi connectivity index (χ0) is 11.7. The zero-order valence-corrected chi connectivity index (χ0v) is 10.2. The van der Waals surface area contributed by atoms with E-state index < -0.39 is 0 Å². The molecule has 0 bridgehead atoms. The average molecular weight is 218 g/mol. The summed E-state index contributed by atoms with van der Waals surface area (Å²) >= 11 is 0. The van der Waals surface area contributed by atoms with Crippen molar-refractivity contribution in [3.63, 3.8) is 0 Å². The van der Waals surface area contributed by atoms with Gasteiger partial charge in [0.2, 0.25) is 0 Å². The second-order valence-electron chi connectivity index (χ2n) is 4.22. The third-order valence-electron chi connectivity index (χ3n) is 3.27. The number of fused-ring (bicyclic) bond motifs is 1. The van der Waals surface area contributed by atoms with Crippen molar-refractivity contribution in [3.8, 4) is 0 Å². The van der Waals surface area contributed by atoms with E-state index in [2.05, 4.69) is 25.0 Å². The molecule has 0 radical (unpaired) electrons. The first-order valence-corrected chi connectivity index (χ1v) is 5.97. The third-order valence-corrected chi connectivity index (χ3v) is 3.27. The predicted octanol–water partition coefficient (Wildman–Crippen LogP) is 0.478. The van der Waals surface area contributed by atoms with Crippen LogP contribution in [0.4, 0.5) is 0 Å². The van der Waals surface area contributed by atoms with E-state index in [1.165, 1.54) is 10.3 Å². The molecule has 0 saturated heterocycles. The lowest BCUT2D eigenvalue weighted by Gasteiger charge is -2.11. The molecule has 0 atom stereocenters. The zero-order valence-electron chi connectivity index (χ0n) is 10.2. The highest BCUT2D eigenvalue weighted by molar-refractivity contribution is 5.50. The molecule has 0 amide bonds. The van der Waals surface area contributed by atoms with Crippen molar-refractivity contribution in [1.82, 2.24) is 9.78 Å². The van der Waals surface area contributed by atoms with Gasteiger partial charge in [0.05, 0.1) is 5.69 Å². The molecule has 0 saturated carbocycles. The summed E-state index contributed by atoms with van der Waals surface area (Å²) < 4.78 is 1.48. The molecule has 1 heterocycles. The Bertz CT molecular complexity index is 581. The number of rotatable bonds is 2. The molecule has 0 unspecified atom stereocenters. The monoisotopic (exact) mass is 218 g/mol. The Labute approximate surface area is 95.1 Å². The lowest BCUT2D eigenvalue weighted by Crippen LogP contribution is -2.50. The first-order valence-electron chi connectivity index (χ1n) is 5.97. The average Bonchev–Trinajstić information content (AvgIpc) is 2.32. The summed E-state index contributed by atoms with van der Waals surface area (Å²) in [7, 11) is 1.74. The molecule has 0 spiro atoms. The van der Waals surface area contributed by atoms with E-state index in [1.54, 1.807) is 7.05 Å². The van der Waals surface area contributed by atoms with Crippen molar-refractivity contribution in [2.45, 2.75) is 39.5 Å². The quantitative estimate of drug-likeness (QED) is 0.723. The van der Waals surface area contributed by atoms with Crippen molar-refractivity contribution in [1.29, 1.82) is 0 Å². The fourth-order valence-electron chi connectivity index (χ4n) is 2.39. The van der Waals surface area contributed by atoms with E-state index in [0.717, 1.165) is 41.8 Å². The van der Waals surface area contributed by atoms with Gasteiger partial charge in [0.15, 0.2) is 0 Å². The molecule has 1 aromatic heterocycles. The second-order valence-corrected chi connectivity index (χ2v) is 4.22.